The Bertz CT molecular complexity index is 39.1. The van der Waals surface area contributed by atoms with Crippen molar-refractivity contribution in [3.05, 3.63) is 0 Å². The van der Waals surface area contributed by atoms with E-state index in [0.29, 0.717) is 0 Å². The number of thioether (sulfide) groups is 1. The summed E-state index contributed by atoms with van der Waals surface area (Å²) in [5.41, 5.74) is -0.134. The average Bonchev–Trinajstić information content (AvgIpc) is 1.68. The molecule has 0 saturated heterocycles. The molecule has 2 heteroatoms. The standard InChI is InChI=1S/C5H12OS/c1-3-5(6)7-4-2/h5-6H,3-4H2,1-2H3. The number of aliphatic hydroxyl groups is 1. The summed E-state index contributed by atoms with van der Waals surface area (Å²) in [6, 6.07) is 0. The maximum Gasteiger partial charge on any atom is 0.0990 e. The van der Waals surface area contributed by atoms with Gasteiger partial charge in [-0.05, 0) is 12.2 Å². The molecule has 1 N–H and O–H groups in total. The molecule has 0 bridgehead atoms. The van der Waals surface area contributed by atoms with Gasteiger partial charge in [0.25, 0.3) is 0 Å². The highest BCUT2D eigenvalue weighted by Crippen LogP contribution is 2.08. The van der Waals surface area contributed by atoms with Crippen molar-refractivity contribution >= 4 is 11.8 Å². The molecule has 7 heavy (non-hydrogen) atoms. The summed E-state index contributed by atoms with van der Waals surface area (Å²) in [6.07, 6.45) is 0.860. The average molecular weight is 120 g/mol. The molecule has 0 fully saturated rings. The molecule has 0 aliphatic rings. The van der Waals surface area contributed by atoms with E-state index in [9.17, 15) is 0 Å². The first-order valence-electron chi connectivity index (χ1n) is 2.61. The predicted octanol–water partition coefficient (Wildman–Crippen LogP) is 1.47. The molecule has 0 amide bonds. The van der Waals surface area contributed by atoms with Crippen LogP contribution in [0, 0.1) is 0 Å². The first kappa shape index (κ1) is 7.31. The van der Waals surface area contributed by atoms with Crippen LogP contribution in [0.1, 0.15) is 20.3 Å². The Kier molecular flexibility index (Phi) is 4.67. The van der Waals surface area contributed by atoms with Crippen LogP contribution in [0.4, 0.5) is 0 Å². The predicted molar refractivity (Wildman–Crippen MR) is 34.4 cm³/mol. The zero-order valence-corrected chi connectivity index (χ0v) is 5.66. The van der Waals surface area contributed by atoms with Crippen molar-refractivity contribution in [2.45, 2.75) is 25.7 Å². The third-order valence-corrected chi connectivity index (χ3v) is 1.76. The molecular weight excluding hydrogens is 108 g/mol. The minimum atomic E-state index is -0.134. The van der Waals surface area contributed by atoms with Gasteiger partial charge in [0.15, 0.2) is 0 Å². The number of hydrogen-bond acceptors (Lipinski definition) is 2. The van der Waals surface area contributed by atoms with E-state index in [2.05, 4.69) is 0 Å². The van der Waals surface area contributed by atoms with Crippen molar-refractivity contribution in [3.8, 4) is 0 Å². The molecule has 44 valence electrons. The van der Waals surface area contributed by atoms with Crippen molar-refractivity contribution in [2.24, 2.45) is 0 Å². The summed E-state index contributed by atoms with van der Waals surface area (Å²) >= 11 is 1.59. The van der Waals surface area contributed by atoms with Gasteiger partial charge in [-0.2, -0.15) is 0 Å². The summed E-state index contributed by atoms with van der Waals surface area (Å²) in [6.45, 7) is 4.02. The van der Waals surface area contributed by atoms with Crippen LogP contribution in [0.25, 0.3) is 0 Å². The second kappa shape index (κ2) is 4.47. The van der Waals surface area contributed by atoms with Crippen molar-refractivity contribution in [2.75, 3.05) is 5.75 Å². The van der Waals surface area contributed by atoms with Crippen LogP contribution < -0.4 is 0 Å². The SMILES string of the molecule is CCSC(O)CC. The second-order valence-electron chi connectivity index (χ2n) is 1.32. The Morgan fingerprint density at radius 2 is 2.14 bits per heavy atom. The lowest BCUT2D eigenvalue weighted by molar-refractivity contribution is 0.259. The topological polar surface area (TPSA) is 20.2 Å². The van der Waals surface area contributed by atoms with E-state index >= 15 is 0 Å². The third-order valence-electron chi connectivity index (χ3n) is 0.708. The summed E-state index contributed by atoms with van der Waals surface area (Å²) in [5, 5.41) is 8.82. The van der Waals surface area contributed by atoms with Crippen molar-refractivity contribution in [3.63, 3.8) is 0 Å². The number of hydrogen-bond donors (Lipinski definition) is 1. The Labute approximate surface area is 49.1 Å². The fourth-order valence-corrected chi connectivity index (χ4v) is 0.931. The smallest absolute Gasteiger partial charge is 0.0990 e. The number of rotatable bonds is 3. The van der Waals surface area contributed by atoms with Gasteiger partial charge in [0.05, 0.1) is 5.44 Å². The van der Waals surface area contributed by atoms with Gasteiger partial charge in [0.1, 0.15) is 0 Å². The van der Waals surface area contributed by atoms with Gasteiger partial charge in [-0.15, -0.1) is 11.8 Å². The molecule has 0 aromatic heterocycles. The summed E-state index contributed by atoms with van der Waals surface area (Å²) in [4.78, 5) is 0. The molecule has 1 unspecified atom stereocenters. The molecule has 1 atom stereocenters. The highest BCUT2D eigenvalue weighted by atomic mass is 32.2. The second-order valence-corrected chi connectivity index (χ2v) is 2.77. The van der Waals surface area contributed by atoms with Gasteiger partial charge in [-0.1, -0.05) is 13.8 Å². The molecule has 0 aliphatic heterocycles. The number of aliphatic hydroxyl groups excluding tert-OH is 1. The van der Waals surface area contributed by atoms with Crippen LogP contribution in [-0.2, 0) is 0 Å². The van der Waals surface area contributed by atoms with Crippen molar-refractivity contribution in [1.82, 2.24) is 0 Å². The van der Waals surface area contributed by atoms with Crippen LogP contribution in [0.3, 0.4) is 0 Å². The largest absolute Gasteiger partial charge is 0.382 e. The van der Waals surface area contributed by atoms with E-state index < -0.39 is 0 Å². The molecule has 0 saturated carbocycles. The molecule has 0 spiro atoms. The van der Waals surface area contributed by atoms with Gasteiger partial charge in [0.2, 0.25) is 0 Å². The molecule has 0 radical (unpaired) electrons. The van der Waals surface area contributed by atoms with Gasteiger partial charge < -0.3 is 5.11 Å². The highest BCUT2D eigenvalue weighted by Gasteiger charge is 1.94. The summed E-state index contributed by atoms with van der Waals surface area (Å²) in [7, 11) is 0. The lowest BCUT2D eigenvalue weighted by atomic mass is 10.5. The molecule has 0 heterocycles. The van der Waals surface area contributed by atoms with Gasteiger partial charge in [0, 0.05) is 0 Å². The Morgan fingerprint density at radius 1 is 1.57 bits per heavy atom. The maximum absolute atomic E-state index is 8.82. The third kappa shape index (κ3) is 4.16. The van der Waals surface area contributed by atoms with Gasteiger partial charge in [-0.25, -0.2) is 0 Å². The van der Waals surface area contributed by atoms with Crippen LogP contribution in [0.15, 0.2) is 0 Å². The Hall–Kier alpha value is 0.310. The first-order chi connectivity index (χ1) is 3.31. The molecule has 1 nitrogen and oxygen atoms in total. The van der Waals surface area contributed by atoms with Gasteiger partial charge >= 0.3 is 0 Å². The first-order valence-corrected chi connectivity index (χ1v) is 3.65. The quantitative estimate of drug-likeness (QED) is 0.569. The molecule has 0 aromatic rings. The van der Waals surface area contributed by atoms with Crippen molar-refractivity contribution < 1.29 is 5.11 Å². The molecule has 0 rings (SSSR count). The highest BCUT2D eigenvalue weighted by molar-refractivity contribution is 7.99. The van der Waals surface area contributed by atoms with E-state index in [1.54, 1.807) is 11.8 Å². The van der Waals surface area contributed by atoms with E-state index in [4.69, 9.17) is 5.11 Å². The Balaban J connectivity index is 2.83. The van der Waals surface area contributed by atoms with Crippen LogP contribution >= 0.6 is 11.8 Å². The fraction of sp³-hybridized carbons (Fsp3) is 1.00. The van der Waals surface area contributed by atoms with Crippen molar-refractivity contribution in [1.29, 1.82) is 0 Å². The minimum absolute atomic E-state index is 0.134. The minimum Gasteiger partial charge on any atom is -0.382 e. The van der Waals surface area contributed by atoms with Crippen LogP contribution in [0.2, 0.25) is 0 Å². The zero-order valence-electron chi connectivity index (χ0n) is 4.85. The summed E-state index contributed by atoms with van der Waals surface area (Å²) < 4.78 is 0. The maximum atomic E-state index is 8.82. The van der Waals surface area contributed by atoms with E-state index in [1.807, 2.05) is 13.8 Å². The van der Waals surface area contributed by atoms with Crippen LogP contribution in [0.5, 0.6) is 0 Å². The van der Waals surface area contributed by atoms with Gasteiger partial charge in [-0.3, -0.25) is 0 Å². The van der Waals surface area contributed by atoms with Crippen LogP contribution in [-0.4, -0.2) is 16.3 Å². The van der Waals surface area contributed by atoms with E-state index in [-0.39, 0.29) is 5.44 Å². The normalized spacial score (nSPS) is 14.1. The van der Waals surface area contributed by atoms with E-state index in [1.165, 1.54) is 0 Å². The summed E-state index contributed by atoms with van der Waals surface area (Å²) in [5.74, 6) is 1.01. The lowest BCUT2D eigenvalue weighted by Gasteiger charge is -2.01. The van der Waals surface area contributed by atoms with E-state index in [0.717, 1.165) is 12.2 Å². The Morgan fingerprint density at radius 3 is 2.29 bits per heavy atom. The zero-order chi connectivity index (χ0) is 5.70. The lowest BCUT2D eigenvalue weighted by Crippen LogP contribution is -1.96. The molecule has 0 aliphatic carbocycles. The molecular formula is C5H12OS. The molecule has 0 aromatic carbocycles. The fourth-order valence-electron chi connectivity index (χ4n) is 0.310. The monoisotopic (exact) mass is 120 g/mol.